The van der Waals surface area contributed by atoms with E-state index in [1.807, 2.05) is 18.0 Å². The van der Waals surface area contributed by atoms with Crippen LogP contribution in [-0.4, -0.2) is 50.9 Å². The van der Waals surface area contributed by atoms with Crippen molar-refractivity contribution in [3.8, 4) is 6.07 Å². The van der Waals surface area contributed by atoms with Gasteiger partial charge in [0.25, 0.3) is 5.69 Å². The van der Waals surface area contributed by atoms with E-state index >= 15 is 0 Å². The Balaban J connectivity index is 1.59. The molecular formula is C17H16N8O2. The molecule has 0 radical (unpaired) electrons. The molecule has 0 amide bonds. The number of hydrogen-bond donors (Lipinski definition) is 0. The predicted molar refractivity (Wildman–Crippen MR) is 98.5 cm³/mol. The quantitative estimate of drug-likeness (QED) is 0.506. The molecule has 0 bridgehead atoms. The van der Waals surface area contributed by atoms with E-state index in [4.69, 9.17) is 5.26 Å². The molecule has 1 aliphatic rings. The number of nitro groups is 1. The van der Waals surface area contributed by atoms with Gasteiger partial charge < -0.3 is 9.80 Å². The summed E-state index contributed by atoms with van der Waals surface area (Å²) < 4.78 is 1.70. The van der Waals surface area contributed by atoms with Crippen LogP contribution in [0.5, 0.6) is 0 Å². The molecule has 10 heteroatoms. The van der Waals surface area contributed by atoms with Crippen molar-refractivity contribution in [2.45, 2.75) is 0 Å². The molecule has 1 aliphatic heterocycles. The van der Waals surface area contributed by atoms with Crippen LogP contribution in [0, 0.1) is 21.4 Å². The normalized spacial score (nSPS) is 14.4. The number of piperazine rings is 1. The average molecular weight is 364 g/mol. The van der Waals surface area contributed by atoms with E-state index in [-0.39, 0.29) is 5.69 Å². The Morgan fingerprint density at radius 2 is 1.93 bits per heavy atom. The fourth-order valence-electron chi connectivity index (χ4n) is 3.36. The number of nitriles is 1. The highest BCUT2D eigenvalue weighted by Crippen LogP contribution is 2.31. The Morgan fingerprint density at radius 3 is 2.63 bits per heavy atom. The summed E-state index contributed by atoms with van der Waals surface area (Å²) in [6.07, 6.45) is 3.27. The van der Waals surface area contributed by atoms with E-state index in [2.05, 4.69) is 20.0 Å². The highest BCUT2D eigenvalue weighted by molar-refractivity contribution is 5.86. The van der Waals surface area contributed by atoms with Crippen molar-refractivity contribution in [3.63, 3.8) is 0 Å². The van der Waals surface area contributed by atoms with Gasteiger partial charge in [-0.15, -0.1) is 0 Å². The van der Waals surface area contributed by atoms with Gasteiger partial charge in [-0.25, -0.2) is 9.97 Å². The number of benzene rings is 1. The second-order valence-corrected chi connectivity index (χ2v) is 6.25. The summed E-state index contributed by atoms with van der Waals surface area (Å²) in [5.41, 5.74) is 1.66. The minimum Gasteiger partial charge on any atom is -0.362 e. The zero-order valence-corrected chi connectivity index (χ0v) is 14.6. The van der Waals surface area contributed by atoms with Gasteiger partial charge in [-0.2, -0.15) is 10.4 Å². The number of aromatic nitrogens is 4. The van der Waals surface area contributed by atoms with Crippen molar-refractivity contribution >= 4 is 28.2 Å². The molecule has 1 fully saturated rings. The molecule has 2 aromatic heterocycles. The van der Waals surface area contributed by atoms with Gasteiger partial charge in [0.1, 0.15) is 17.8 Å². The third kappa shape index (κ3) is 2.89. The lowest BCUT2D eigenvalue weighted by Gasteiger charge is -2.36. The summed E-state index contributed by atoms with van der Waals surface area (Å²) in [6.45, 7) is 2.47. The van der Waals surface area contributed by atoms with E-state index < -0.39 is 4.92 Å². The Bertz CT molecular complexity index is 1060. The third-order valence-electron chi connectivity index (χ3n) is 4.73. The summed E-state index contributed by atoms with van der Waals surface area (Å²) in [5, 5.41) is 25.6. The molecule has 0 unspecified atom stereocenters. The van der Waals surface area contributed by atoms with Crippen molar-refractivity contribution in [3.05, 3.63) is 46.4 Å². The number of nitrogens with zero attached hydrogens (tertiary/aromatic N) is 8. The van der Waals surface area contributed by atoms with Crippen LogP contribution in [0.15, 0.2) is 30.7 Å². The van der Waals surface area contributed by atoms with Crippen molar-refractivity contribution in [2.75, 3.05) is 36.0 Å². The average Bonchev–Trinajstić information content (AvgIpc) is 3.08. The number of aryl methyl sites for hydroxylation is 1. The van der Waals surface area contributed by atoms with Crippen LogP contribution in [0.25, 0.3) is 11.0 Å². The van der Waals surface area contributed by atoms with Crippen molar-refractivity contribution in [2.24, 2.45) is 7.05 Å². The Hall–Kier alpha value is -3.74. The monoisotopic (exact) mass is 364 g/mol. The maximum Gasteiger partial charge on any atom is 0.292 e. The lowest BCUT2D eigenvalue weighted by molar-refractivity contribution is -0.384. The van der Waals surface area contributed by atoms with E-state index in [1.54, 1.807) is 16.9 Å². The minimum atomic E-state index is -0.410. The van der Waals surface area contributed by atoms with Crippen LogP contribution in [0.1, 0.15) is 5.56 Å². The molecule has 0 aliphatic carbocycles. The lowest BCUT2D eigenvalue weighted by Crippen LogP contribution is -2.47. The summed E-state index contributed by atoms with van der Waals surface area (Å²) in [5.74, 6) is 0.813. The number of nitro benzene ring substituents is 1. The Morgan fingerprint density at radius 1 is 1.19 bits per heavy atom. The standard InChI is InChI=1S/C17H16N8O2/c1-22-16-13(10-21-22)17(20-11-19-16)24-6-4-23(5-7-24)15-8-12(9-18)2-3-14(15)25(26)27/h2-3,8,10-11H,4-7H2,1H3. The van der Waals surface area contributed by atoms with Crippen molar-refractivity contribution in [1.82, 2.24) is 19.7 Å². The summed E-state index contributed by atoms with van der Waals surface area (Å²) in [7, 11) is 1.83. The molecule has 0 atom stereocenters. The van der Waals surface area contributed by atoms with Gasteiger partial charge >= 0.3 is 0 Å². The number of hydrogen-bond acceptors (Lipinski definition) is 8. The van der Waals surface area contributed by atoms with Crippen LogP contribution < -0.4 is 9.80 Å². The molecule has 1 aromatic carbocycles. The lowest BCUT2D eigenvalue weighted by atomic mass is 10.1. The van der Waals surface area contributed by atoms with Crippen LogP contribution >= 0.6 is 0 Å². The first-order valence-corrected chi connectivity index (χ1v) is 8.39. The first kappa shape index (κ1) is 16.7. The molecule has 136 valence electrons. The van der Waals surface area contributed by atoms with Gasteiger partial charge in [0.15, 0.2) is 5.65 Å². The summed E-state index contributed by atoms with van der Waals surface area (Å²) in [4.78, 5) is 23.7. The van der Waals surface area contributed by atoms with Gasteiger partial charge in [0.2, 0.25) is 0 Å². The number of fused-ring (bicyclic) bond motifs is 1. The SMILES string of the molecule is Cn1ncc2c(N3CCN(c4cc(C#N)ccc4[N+](=O)[O-])CC3)ncnc21. The second-order valence-electron chi connectivity index (χ2n) is 6.25. The van der Waals surface area contributed by atoms with Gasteiger partial charge in [-0.3, -0.25) is 14.8 Å². The molecule has 4 rings (SSSR count). The molecule has 3 aromatic rings. The maximum atomic E-state index is 11.4. The molecule has 1 saturated heterocycles. The zero-order chi connectivity index (χ0) is 19.0. The number of anilines is 2. The van der Waals surface area contributed by atoms with Gasteiger partial charge in [0, 0.05) is 39.3 Å². The van der Waals surface area contributed by atoms with Gasteiger partial charge in [0.05, 0.1) is 28.1 Å². The number of rotatable bonds is 3. The third-order valence-corrected chi connectivity index (χ3v) is 4.73. The molecule has 27 heavy (non-hydrogen) atoms. The Kier molecular flexibility index (Phi) is 4.04. The van der Waals surface area contributed by atoms with Crippen LogP contribution in [0.3, 0.4) is 0 Å². The molecule has 0 saturated carbocycles. The van der Waals surface area contributed by atoms with Crippen molar-refractivity contribution in [1.29, 1.82) is 5.26 Å². The summed E-state index contributed by atoms with van der Waals surface area (Å²) in [6, 6.07) is 6.49. The smallest absolute Gasteiger partial charge is 0.292 e. The molecular weight excluding hydrogens is 348 g/mol. The van der Waals surface area contributed by atoms with Crippen LogP contribution in [0.2, 0.25) is 0 Å². The highest BCUT2D eigenvalue weighted by atomic mass is 16.6. The van der Waals surface area contributed by atoms with E-state index in [1.165, 1.54) is 18.5 Å². The zero-order valence-electron chi connectivity index (χ0n) is 14.6. The van der Waals surface area contributed by atoms with E-state index in [0.717, 1.165) is 16.9 Å². The minimum absolute atomic E-state index is 0.0131. The first-order valence-electron chi connectivity index (χ1n) is 8.39. The van der Waals surface area contributed by atoms with E-state index in [0.29, 0.717) is 37.4 Å². The predicted octanol–water partition coefficient (Wildman–Crippen LogP) is 1.47. The van der Waals surface area contributed by atoms with Crippen LogP contribution in [0.4, 0.5) is 17.2 Å². The molecule has 0 N–H and O–H groups in total. The first-order chi connectivity index (χ1) is 13.1. The summed E-state index contributed by atoms with van der Waals surface area (Å²) >= 11 is 0. The highest BCUT2D eigenvalue weighted by Gasteiger charge is 2.26. The molecule has 10 nitrogen and oxygen atoms in total. The Labute approximate surface area is 154 Å². The largest absolute Gasteiger partial charge is 0.362 e. The fourth-order valence-corrected chi connectivity index (χ4v) is 3.36. The molecule has 3 heterocycles. The topological polar surface area (TPSA) is 117 Å². The maximum absolute atomic E-state index is 11.4. The van der Waals surface area contributed by atoms with E-state index in [9.17, 15) is 10.1 Å². The molecule has 0 spiro atoms. The van der Waals surface area contributed by atoms with Gasteiger partial charge in [-0.1, -0.05) is 0 Å². The van der Waals surface area contributed by atoms with Gasteiger partial charge in [-0.05, 0) is 12.1 Å². The second kappa shape index (κ2) is 6.53. The van der Waals surface area contributed by atoms with Crippen LogP contribution in [-0.2, 0) is 7.05 Å². The van der Waals surface area contributed by atoms with Crippen molar-refractivity contribution < 1.29 is 4.92 Å². The fraction of sp³-hybridized carbons (Fsp3) is 0.294.